The summed E-state index contributed by atoms with van der Waals surface area (Å²) >= 11 is 4.85. The van der Waals surface area contributed by atoms with Gasteiger partial charge in [-0.3, -0.25) is 0 Å². The fourth-order valence-corrected chi connectivity index (χ4v) is 1.52. The number of hydrogen-bond acceptors (Lipinski definition) is 2. The van der Waals surface area contributed by atoms with E-state index in [1.165, 1.54) is 6.07 Å². The molecule has 0 aliphatic carbocycles. The lowest BCUT2D eigenvalue weighted by atomic mass is 10.2. The first kappa shape index (κ1) is 10.2. The van der Waals surface area contributed by atoms with Gasteiger partial charge in [0.2, 0.25) is 5.76 Å². The molecule has 0 radical (unpaired) electrons. The van der Waals surface area contributed by atoms with Gasteiger partial charge in [-0.25, -0.2) is 0 Å². The van der Waals surface area contributed by atoms with Gasteiger partial charge in [-0.05, 0) is 12.1 Å². The van der Waals surface area contributed by atoms with Crippen LogP contribution in [0.2, 0.25) is 0 Å². The third kappa shape index (κ3) is 1.87. The lowest BCUT2D eigenvalue weighted by molar-refractivity contribution is -0.152. The number of benzene rings is 1. The molecule has 2 aromatic rings. The predicted molar refractivity (Wildman–Crippen MR) is 52.1 cm³/mol. The molecule has 1 aromatic heterocycles. The van der Waals surface area contributed by atoms with Crippen LogP contribution in [0.15, 0.2) is 34.7 Å². The molecular weight excluding hydrogens is 225 g/mol. The Morgan fingerprint density at radius 3 is 2.47 bits per heavy atom. The normalized spacial score (nSPS) is 11.9. The maximum atomic E-state index is 12.4. The van der Waals surface area contributed by atoms with Crippen LogP contribution < -0.4 is 0 Å². The average molecular weight is 230 g/mol. The fourth-order valence-electron chi connectivity index (χ4n) is 1.24. The van der Waals surface area contributed by atoms with Crippen LogP contribution in [0.25, 0.3) is 11.0 Å². The summed E-state index contributed by atoms with van der Waals surface area (Å²) in [5.41, 5.74) is 0.150. The number of para-hydroxylation sites is 1. The van der Waals surface area contributed by atoms with E-state index in [1.54, 1.807) is 18.2 Å². The van der Waals surface area contributed by atoms with E-state index in [0.29, 0.717) is 5.39 Å². The van der Waals surface area contributed by atoms with Crippen LogP contribution in [-0.4, -0.2) is 0 Å². The van der Waals surface area contributed by atoms with Crippen LogP contribution in [-0.2, 0) is 6.18 Å². The summed E-state index contributed by atoms with van der Waals surface area (Å²) in [5.74, 6) is -1.06. The van der Waals surface area contributed by atoms with E-state index >= 15 is 0 Å². The second kappa shape index (κ2) is 3.34. The molecule has 15 heavy (non-hydrogen) atoms. The molecule has 0 bridgehead atoms. The van der Waals surface area contributed by atoms with Gasteiger partial charge >= 0.3 is 6.18 Å². The first-order valence-electron chi connectivity index (χ1n) is 4.08. The molecular formula is C10H5F3OS. The summed E-state index contributed by atoms with van der Waals surface area (Å²) in [6.45, 7) is 0. The number of fused-ring (bicyclic) bond motifs is 1. The maximum absolute atomic E-state index is 12.4. The van der Waals surface area contributed by atoms with Gasteiger partial charge in [0.1, 0.15) is 5.58 Å². The third-order valence-corrected chi connectivity index (χ3v) is 2.25. The predicted octanol–water partition coefficient (Wildman–Crippen LogP) is 4.18. The smallest absolute Gasteiger partial charge is 0.449 e. The van der Waals surface area contributed by atoms with E-state index in [4.69, 9.17) is 16.6 Å². The molecule has 0 amide bonds. The average Bonchev–Trinajstić information content (AvgIpc) is 2.16. The van der Waals surface area contributed by atoms with E-state index in [2.05, 4.69) is 0 Å². The zero-order valence-corrected chi connectivity index (χ0v) is 8.15. The Balaban J connectivity index is 2.79. The van der Waals surface area contributed by atoms with E-state index in [9.17, 15) is 13.2 Å². The van der Waals surface area contributed by atoms with Gasteiger partial charge in [0.05, 0.1) is 4.51 Å². The zero-order chi connectivity index (χ0) is 11.1. The van der Waals surface area contributed by atoms with Crippen LogP contribution in [0.1, 0.15) is 5.76 Å². The maximum Gasteiger partial charge on any atom is 0.449 e. The molecule has 0 fully saturated rings. The third-order valence-electron chi connectivity index (χ3n) is 1.91. The van der Waals surface area contributed by atoms with Gasteiger partial charge in [0, 0.05) is 11.5 Å². The van der Waals surface area contributed by atoms with Gasteiger partial charge in [-0.2, -0.15) is 13.2 Å². The number of halogens is 3. The van der Waals surface area contributed by atoms with Gasteiger partial charge in [0.15, 0.2) is 0 Å². The summed E-state index contributed by atoms with van der Waals surface area (Å²) in [5, 5.41) is 0.514. The fraction of sp³-hybridized carbons (Fsp3) is 0.100. The van der Waals surface area contributed by atoms with Crippen LogP contribution >= 0.6 is 12.2 Å². The molecule has 0 aliphatic rings. The minimum Gasteiger partial charge on any atom is -0.451 e. The molecule has 5 heteroatoms. The molecule has 2 rings (SSSR count). The second-order valence-electron chi connectivity index (χ2n) is 2.97. The van der Waals surface area contributed by atoms with Crippen molar-refractivity contribution < 1.29 is 17.6 Å². The number of alkyl halides is 3. The monoisotopic (exact) mass is 230 g/mol. The lowest BCUT2D eigenvalue weighted by Crippen LogP contribution is -2.04. The van der Waals surface area contributed by atoms with Crippen molar-refractivity contribution in [3.05, 3.63) is 40.6 Å². The van der Waals surface area contributed by atoms with Gasteiger partial charge in [0.25, 0.3) is 0 Å². The van der Waals surface area contributed by atoms with Crippen molar-refractivity contribution in [1.82, 2.24) is 0 Å². The number of hydrogen-bond donors (Lipinski definition) is 0. The first-order chi connectivity index (χ1) is 6.98. The van der Waals surface area contributed by atoms with E-state index in [1.807, 2.05) is 0 Å². The Labute approximate surface area is 88.1 Å². The van der Waals surface area contributed by atoms with Gasteiger partial charge in [-0.15, -0.1) is 0 Å². The molecule has 0 unspecified atom stereocenters. The zero-order valence-electron chi connectivity index (χ0n) is 7.34. The molecule has 0 saturated carbocycles. The molecule has 0 atom stereocenters. The quantitative estimate of drug-likeness (QED) is 0.630. The Morgan fingerprint density at radius 1 is 1.13 bits per heavy atom. The van der Waals surface area contributed by atoms with Crippen molar-refractivity contribution in [2.24, 2.45) is 0 Å². The Kier molecular flexibility index (Phi) is 2.26. The van der Waals surface area contributed by atoms with Crippen molar-refractivity contribution in [1.29, 1.82) is 0 Å². The van der Waals surface area contributed by atoms with Gasteiger partial charge < -0.3 is 4.42 Å². The van der Waals surface area contributed by atoms with Crippen molar-refractivity contribution in [3.63, 3.8) is 0 Å². The van der Waals surface area contributed by atoms with Crippen molar-refractivity contribution in [2.45, 2.75) is 6.18 Å². The van der Waals surface area contributed by atoms with Crippen molar-refractivity contribution >= 4 is 23.2 Å². The molecule has 0 N–H and O–H groups in total. The van der Waals surface area contributed by atoms with Crippen molar-refractivity contribution in [2.75, 3.05) is 0 Å². The first-order valence-corrected chi connectivity index (χ1v) is 4.49. The van der Waals surface area contributed by atoms with Crippen LogP contribution in [0.3, 0.4) is 0 Å². The molecule has 78 valence electrons. The highest BCUT2D eigenvalue weighted by Crippen LogP contribution is 2.31. The van der Waals surface area contributed by atoms with Crippen LogP contribution in [0.5, 0.6) is 0 Å². The topological polar surface area (TPSA) is 13.1 Å². The SMILES string of the molecule is FC(F)(F)c1cc(=S)c2ccccc2o1. The molecule has 1 aromatic carbocycles. The lowest BCUT2D eigenvalue weighted by Gasteiger charge is -2.06. The van der Waals surface area contributed by atoms with Crippen LogP contribution in [0.4, 0.5) is 13.2 Å². The summed E-state index contributed by atoms with van der Waals surface area (Å²) in [4.78, 5) is 0. The molecule has 1 heterocycles. The Hall–Kier alpha value is -1.36. The summed E-state index contributed by atoms with van der Waals surface area (Å²) in [6.07, 6.45) is -4.50. The van der Waals surface area contributed by atoms with Crippen molar-refractivity contribution in [3.8, 4) is 0 Å². The largest absolute Gasteiger partial charge is 0.451 e. The molecule has 1 nitrogen and oxygen atoms in total. The standard InChI is InChI=1S/C10H5F3OS/c11-10(12,13)9-5-8(15)6-3-1-2-4-7(6)14-9/h1-5H. The minimum absolute atomic E-state index is 0.143. The molecule has 0 spiro atoms. The van der Waals surface area contributed by atoms with Gasteiger partial charge in [-0.1, -0.05) is 24.4 Å². The summed E-state index contributed by atoms with van der Waals surface area (Å²) in [7, 11) is 0. The summed E-state index contributed by atoms with van der Waals surface area (Å²) < 4.78 is 41.9. The van der Waals surface area contributed by atoms with E-state index in [-0.39, 0.29) is 10.1 Å². The van der Waals surface area contributed by atoms with Crippen LogP contribution in [0, 0.1) is 4.51 Å². The number of rotatable bonds is 0. The van der Waals surface area contributed by atoms with E-state index in [0.717, 1.165) is 6.07 Å². The second-order valence-corrected chi connectivity index (χ2v) is 3.41. The minimum atomic E-state index is -4.50. The van der Waals surface area contributed by atoms with E-state index < -0.39 is 11.9 Å². The highest BCUT2D eigenvalue weighted by atomic mass is 32.1. The Bertz CT molecular complexity index is 556. The molecule has 0 aliphatic heterocycles. The summed E-state index contributed by atoms with van der Waals surface area (Å²) in [6, 6.07) is 7.21. The highest BCUT2D eigenvalue weighted by molar-refractivity contribution is 7.71. The molecule has 0 saturated heterocycles. The Morgan fingerprint density at radius 2 is 1.80 bits per heavy atom. The highest BCUT2D eigenvalue weighted by Gasteiger charge is 2.34.